The molecule has 4 heteroatoms. The second-order valence-electron chi connectivity index (χ2n) is 4.94. The summed E-state index contributed by atoms with van der Waals surface area (Å²) in [5.41, 5.74) is 2.70. The summed E-state index contributed by atoms with van der Waals surface area (Å²) in [5.74, 6) is 1.49. The first-order valence-electron chi connectivity index (χ1n) is 6.81. The van der Waals surface area contributed by atoms with E-state index >= 15 is 0 Å². The van der Waals surface area contributed by atoms with Crippen molar-refractivity contribution >= 4 is 11.0 Å². The van der Waals surface area contributed by atoms with Crippen LogP contribution in [-0.4, -0.2) is 22.8 Å². The van der Waals surface area contributed by atoms with E-state index < -0.39 is 0 Å². The number of aryl methyl sites for hydroxylation is 1. The lowest BCUT2D eigenvalue weighted by Crippen LogP contribution is -2.19. The Labute approximate surface area is 112 Å². The maximum Gasteiger partial charge on any atom is 0.115 e. The van der Waals surface area contributed by atoms with Gasteiger partial charge in [0, 0.05) is 19.1 Å². The molecule has 0 bridgehead atoms. The summed E-state index contributed by atoms with van der Waals surface area (Å²) < 4.78 is 7.82. The molecular weight excluding hydrogens is 238 g/mol. The van der Waals surface area contributed by atoms with E-state index in [9.17, 15) is 0 Å². The van der Waals surface area contributed by atoms with E-state index in [1.165, 1.54) is 0 Å². The van der Waals surface area contributed by atoms with Crippen molar-refractivity contribution in [3.05, 3.63) is 29.6 Å². The third-order valence-corrected chi connectivity index (χ3v) is 3.75. The Morgan fingerprint density at radius 2 is 2.42 bits per heavy atom. The van der Waals surface area contributed by atoms with Crippen molar-refractivity contribution in [1.82, 2.24) is 9.55 Å². The lowest BCUT2D eigenvalue weighted by atomic mass is 10.0. The van der Waals surface area contributed by atoms with Crippen LogP contribution in [0, 0.1) is 11.3 Å². The fourth-order valence-corrected chi connectivity index (χ4v) is 2.81. The molecule has 0 radical (unpaired) electrons. The molecular formula is C15H17N3O. The van der Waals surface area contributed by atoms with Crippen LogP contribution in [0.25, 0.3) is 11.0 Å². The molecule has 0 amide bonds. The van der Waals surface area contributed by atoms with Gasteiger partial charge in [-0.05, 0) is 38.0 Å². The SMILES string of the molecule is CCn1c(C2CCCOC2)nc2cc(C#N)ccc21. The first-order valence-corrected chi connectivity index (χ1v) is 6.81. The topological polar surface area (TPSA) is 50.8 Å². The van der Waals surface area contributed by atoms with Gasteiger partial charge in [-0.1, -0.05) is 0 Å². The molecule has 19 heavy (non-hydrogen) atoms. The molecule has 1 atom stereocenters. The quantitative estimate of drug-likeness (QED) is 0.829. The van der Waals surface area contributed by atoms with Gasteiger partial charge >= 0.3 is 0 Å². The maximum absolute atomic E-state index is 8.97. The average Bonchev–Trinajstić information content (AvgIpc) is 2.85. The molecule has 1 aliphatic heterocycles. The second kappa shape index (κ2) is 5.02. The largest absolute Gasteiger partial charge is 0.381 e. The molecule has 2 heterocycles. The van der Waals surface area contributed by atoms with Crippen molar-refractivity contribution in [1.29, 1.82) is 5.26 Å². The third-order valence-electron chi connectivity index (χ3n) is 3.75. The van der Waals surface area contributed by atoms with Gasteiger partial charge in [0.15, 0.2) is 0 Å². The molecule has 0 spiro atoms. The Morgan fingerprint density at radius 1 is 1.53 bits per heavy atom. The highest BCUT2D eigenvalue weighted by atomic mass is 16.5. The molecule has 1 aromatic heterocycles. The zero-order valence-electron chi connectivity index (χ0n) is 11.1. The van der Waals surface area contributed by atoms with Crippen molar-refractivity contribution < 1.29 is 4.74 Å². The van der Waals surface area contributed by atoms with Gasteiger partial charge in [-0.25, -0.2) is 4.98 Å². The average molecular weight is 255 g/mol. The van der Waals surface area contributed by atoms with Crippen molar-refractivity contribution in [3.8, 4) is 6.07 Å². The van der Waals surface area contributed by atoms with E-state index in [1.807, 2.05) is 18.2 Å². The minimum atomic E-state index is 0.381. The highest BCUT2D eigenvalue weighted by Gasteiger charge is 2.22. The minimum Gasteiger partial charge on any atom is -0.381 e. The molecule has 1 aromatic carbocycles. The van der Waals surface area contributed by atoms with E-state index in [2.05, 4.69) is 17.6 Å². The highest BCUT2D eigenvalue weighted by molar-refractivity contribution is 5.78. The van der Waals surface area contributed by atoms with Crippen LogP contribution >= 0.6 is 0 Å². The second-order valence-corrected chi connectivity index (χ2v) is 4.94. The van der Waals surface area contributed by atoms with Gasteiger partial charge in [0.1, 0.15) is 5.82 Å². The van der Waals surface area contributed by atoms with E-state index in [1.54, 1.807) is 0 Å². The predicted molar refractivity (Wildman–Crippen MR) is 72.9 cm³/mol. The number of nitriles is 1. The first kappa shape index (κ1) is 12.2. The first-order chi connectivity index (χ1) is 9.33. The molecule has 1 saturated heterocycles. The van der Waals surface area contributed by atoms with Crippen LogP contribution in [0.3, 0.4) is 0 Å². The lowest BCUT2D eigenvalue weighted by Gasteiger charge is -2.22. The predicted octanol–water partition coefficient (Wildman–Crippen LogP) is 2.82. The zero-order chi connectivity index (χ0) is 13.2. The fourth-order valence-electron chi connectivity index (χ4n) is 2.81. The van der Waals surface area contributed by atoms with Gasteiger partial charge in [0.25, 0.3) is 0 Å². The van der Waals surface area contributed by atoms with E-state index in [0.29, 0.717) is 11.5 Å². The summed E-state index contributed by atoms with van der Waals surface area (Å²) in [6, 6.07) is 7.90. The van der Waals surface area contributed by atoms with E-state index in [4.69, 9.17) is 15.0 Å². The van der Waals surface area contributed by atoms with Crippen LogP contribution in [0.4, 0.5) is 0 Å². The molecule has 0 N–H and O–H groups in total. The number of imidazole rings is 1. The summed E-state index contributed by atoms with van der Waals surface area (Å²) in [6.07, 6.45) is 2.23. The summed E-state index contributed by atoms with van der Waals surface area (Å²) in [5, 5.41) is 8.97. The summed E-state index contributed by atoms with van der Waals surface area (Å²) in [7, 11) is 0. The Balaban J connectivity index is 2.10. The smallest absolute Gasteiger partial charge is 0.115 e. The number of ether oxygens (including phenoxy) is 1. The molecule has 98 valence electrons. The standard InChI is InChI=1S/C15H17N3O/c1-2-18-14-6-5-11(9-16)8-13(14)17-15(18)12-4-3-7-19-10-12/h5-6,8,12H,2-4,7,10H2,1H3. The van der Waals surface area contributed by atoms with Crippen molar-refractivity contribution in [3.63, 3.8) is 0 Å². The molecule has 0 saturated carbocycles. The van der Waals surface area contributed by atoms with Gasteiger partial charge in [-0.15, -0.1) is 0 Å². The molecule has 1 unspecified atom stereocenters. The van der Waals surface area contributed by atoms with E-state index in [0.717, 1.165) is 49.5 Å². The number of aromatic nitrogens is 2. The Morgan fingerprint density at radius 3 is 3.11 bits per heavy atom. The number of hydrogen-bond donors (Lipinski definition) is 0. The van der Waals surface area contributed by atoms with Crippen LogP contribution < -0.4 is 0 Å². The number of fused-ring (bicyclic) bond motifs is 1. The number of hydrogen-bond acceptors (Lipinski definition) is 3. The molecule has 1 fully saturated rings. The van der Waals surface area contributed by atoms with E-state index in [-0.39, 0.29) is 0 Å². The fraction of sp³-hybridized carbons (Fsp3) is 0.467. The van der Waals surface area contributed by atoms with Crippen LogP contribution in [0.5, 0.6) is 0 Å². The van der Waals surface area contributed by atoms with Crippen molar-refractivity contribution in [2.75, 3.05) is 13.2 Å². The van der Waals surface area contributed by atoms with Gasteiger partial charge in [0.05, 0.1) is 29.3 Å². The molecule has 0 aliphatic carbocycles. The Bertz CT molecular complexity index is 633. The summed E-state index contributed by atoms with van der Waals surface area (Å²) in [4.78, 5) is 4.75. The van der Waals surface area contributed by atoms with Gasteiger partial charge in [0.2, 0.25) is 0 Å². The molecule has 4 nitrogen and oxygen atoms in total. The van der Waals surface area contributed by atoms with Crippen molar-refractivity contribution in [2.45, 2.75) is 32.2 Å². The van der Waals surface area contributed by atoms with Gasteiger partial charge in [-0.2, -0.15) is 5.26 Å². The summed E-state index contributed by atoms with van der Waals surface area (Å²) in [6.45, 7) is 4.65. The van der Waals surface area contributed by atoms with Crippen LogP contribution in [-0.2, 0) is 11.3 Å². The number of rotatable bonds is 2. The van der Waals surface area contributed by atoms with Gasteiger partial charge < -0.3 is 9.30 Å². The van der Waals surface area contributed by atoms with Crippen molar-refractivity contribution in [2.24, 2.45) is 0 Å². The Hall–Kier alpha value is -1.86. The third kappa shape index (κ3) is 2.11. The van der Waals surface area contributed by atoms with Gasteiger partial charge in [-0.3, -0.25) is 0 Å². The molecule has 3 rings (SSSR count). The highest BCUT2D eigenvalue weighted by Crippen LogP contribution is 2.28. The lowest BCUT2D eigenvalue weighted by molar-refractivity contribution is 0.0772. The minimum absolute atomic E-state index is 0.381. The molecule has 1 aliphatic rings. The number of nitrogens with zero attached hydrogens (tertiary/aromatic N) is 3. The monoisotopic (exact) mass is 255 g/mol. The van der Waals surface area contributed by atoms with Crippen LogP contribution in [0.2, 0.25) is 0 Å². The molecule has 2 aromatic rings. The maximum atomic E-state index is 8.97. The van der Waals surface area contributed by atoms with Crippen LogP contribution in [0.1, 0.15) is 37.1 Å². The number of benzene rings is 1. The summed E-state index contributed by atoms with van der Waals surface area (Å²) >= 11 is 0. The Kier molecular flexibility index (Phi) is 3.22. The zero-order valence-corrected chi connectivity index (χ0v) is 11.1. The van der Waals surface area contributed by atoms with Crippen LogP contribution in [0.15, 0.2) is 18.2 Å². The normalized spacial score (nSPS) is 19.5.